The van der Waals surface area contributed by atoms with Crippen LogP contribution in [0.3, 0.4) is 0 Å². The summed E-state index contributed by atoms with van der Waals surface area (Å²) < 4.78 is 16.3. The summed E-state index contributed by atoms with van der Waals surface area (Å²) in [6.45, 7) is 3.57. The number of benzene rings is 6. The maximum atomic E-state index is 13.2. The molecule has 6 aromatic carbocycles. The highest BCUT2D eigenvalue weighted by Gasteiger charge is 2.25. The highest BCUT2D eigenvalue weighted by molar-refractivity contribution is 6.31. The molecule has 0 spiro atoms. The van der Waals surface area contributed by atoms with Crippen molar-refractivity contribution in [3.05, 3.63) is 264 Å². The molecular formula is C75H71Cl3N12O9. The minimum atomic E-state index is -0.418. The lowest BCUT2D eigenvalue weighted by Gasteiger charge is -2.29. The minimum absolute atomic E-state index is 0.0102. The Kier molecular flexibility index (Phi) is 25.3. The molecule has 11 rings (SSSR count). The number of nitrogen functional groups attached to an aromatic ring is 1. The van der Waals surface area contributed by atoms with E-state index < -0.39 is 17.7 Å². The number of nitrogens with two attached hydrogens (primary N) is 1. The molecule has 3 amide bonds. The Hall–Kier alpha value is -11.1. The number of anilines is 3. The summed E-state index contributed by atoms with van der Waals surface area (Å²) >= 11 is 17.6. The zero-order valence-corrected chi connectivity index (χ0v) is 56.7. The number of carbonyl (C=O) groups excluding carboxylic acids is 6. The number of rotatable bonds is 21. The number of Topliss-reactive ketones (excluding diaryl/α,β-unsaturated/α-hetero) is 3. The summed E-state index contributed by atoms with van der Waals surface area (Å²) in [6.07, 6.45) is 9.86. The number of likely N-dealkylation sites (tertiary alicyclic amines) is 2. The molecule has 5 heterocycles. The number of hydrogen-bond acceptors (Lipinski definition) is 15. The van der Waals surface area contributed by atoms with Gasteiger partial charge in [0, 0.05) is 131 Å². The van der Waals surface area contributed by atoms with Crippen LogP contribution in [0.25, 0.3) is 0 Å². The molecule has 8 N–H and O–H groups in total. The number of carbonyl (C=O) groups is 6. The molecule has 2 aliphatic heterocycles. The normalized spacial score (nSPS) is 12.3. The summed E-state index contributed by atoms with van der Waals surface area (Å²) in [6, 6.07) is 45.4. The lowest BCUT2D eigenvalue weighted by atomic mass is 9.96. The minimum Gasteiger partial charge on any atom is -0.496 e. The molecule has 0 bridgehead atoms. The van der Waals surface area contributed by atoms with E-state index in [0.717, 1.165) is 63.0 Å². The molecule has 0 atom stereocenters. The third kappa shape index (κ3) is 19.3. The van der Waals surface area contributed by atoms with Crippen molar-refractivity contribution in [1.82, 2.24) is 24.8 Å². The van der Waals surface area contributed by atoms with Crippen molar-refractivity contribution < 1.29 is 43.0 Å². The number of ether oxygens (including phenoxy) is 3. The second kappa shape index (κ2) is 34.7. The number of halogens is 3. The van der Waals surface area contributed by atoms with Crippen molar-refractivity contribution >= 4 is 105 Å². The van der Waals surface area contributed by atoms with Crippen molar-refractivity contribution in [2.45, 2.75) is 51.4 Å². The van der Waals surface area contributed by atoms with Gasteiger partial charge in [0.1, 0.15) is 52.2 Å². The van der Waals surface area contributed by atoms with E-state index in [1.165, 1.54) is 46.3 Å². The van der Waals surface area contributed by atoms with E-state index in [0.29, 0.717) is 117 Å². The molecule has 0 radical (unpaired) electrons. The molecule has 9 aromatic rings. The number of amides is 3. The first-order valence-electron chi connectivity index (χ1n) is 31.5. The first-order valence-corrected chi connectivity index (χ1v) is 32.6. The Bertz CT molecular complexity index is 4420. The van der Waals surface area contributed by atoms with Crippen molar-refractivity contribution in [3.63, 3.8) is 0 Å². The van der Waals surface area contributed by atoms with Gasteiger partial charge >= 0.3 is 0 Å². The van der Waals surface area contributed by atoms with Crippen LogP contribution < -0.4 is 35.9 Å². The second-order valence-electron chi connectivity index (χ2n) is 22.8. The third-order valence-electron chi connectivity index (χ3n) is 16.3. The number of piperidine rings is 1. The van der Waals surface area contributed by atoms with Gasteiger partial charge in [-0.1, -0.05) is 126 Å². The first kappa shape index (κ1) is 72.1. The van der Waals surface area contributed by atoms with Gasteiger partial charge in [0.25, 0.3) is 17.7 Å². The fraction of sp³-hybridized carbons (Fsp3) is 0.200. The molecule has 21 nitrogen and oxygen atoms in total. The van der Waals surface area contributed by atoms with Gasteiger partial charge in [-0.25, -0.2) is 15.0 Å². The van der Waals surface area contributed by atoms with E-state index in [9.17, 15) is 28.8 Å². The number of nitrogens with one attached hydrogen (secondary N) is 6. The third-order valence-corrected chi connectivity index (χ3v) is 17.0. The number of methoxy groups -OCH3 is 3. The molecule has 3 aromatic heterocycles. The van der Waals surface area contributed by atoms with E-state index in [-0.39, 0.29) is 42.4 Å². The van der Waals surface area contributed by atoms with E-state index >= 15 is 0 Å². The zero-order chi connectivity index (χ0) is 70.5. The number of ketones is 3. The van der Waals surface area contributed by atoms with Crippen molar-refractivity contribution in [1.29, 1.82) is 16.2 Å². The number of amidine groups is 3. The SMILES string of the molecule is COc1cccc(C(=O)Nc2ccc(Cl)cn2)c1CC(=O)c1ccc(C(=N)N)cc1.COc1cccc(C(=O)Nc2ccc(Cl)cn2)c1CC(=O)c1ccc(C(=N)N2CCCC2)cc1.COc1cccc(C(=O)Nc2ccc(Cl)cn2)c1CC(=O)c1ccc(C(=N)N2CCCCC2)cc1. The Morgan fingerprint density at radius 2 is 0.667 bits per heavy atom. The van der Waals surface area contributed by atoms with Gasteiger partial charge in [-0.2, -0.15) is 0 Å². The highest BCUT2D eigenvalue weighted by Crippen LogP contribution is 2.30. The Morgan fingerprint density at radius 1 is 0.394 bits per heavy atom. The van der Waals surface area contributed by atoms with Crippen molar-refractivity contribution in [3.8, 4) is 17.2 Å². The molecule has 2 fully saturated rings. The molecule has 24 heteroatoms. The molecule has 0 aliphatic carbocycles. The second-order valence-corrected chi connectivity index (χ2v) is 24.1. The summed E-state index contributed by atoms with van der Waals surface area (Å²) in [5, 5.41) is 33.9. The summed E-state index contributed by atoms with van der Waals surface area (Å²) in [7, 11) is 4.49. The predicted octanol–water partition coefficient (Wildman–Crippen LogP) is 13.8. The molecule has 506 valence electrons. The zero-order valence-electron chi connectivity index (χ0n) is 54.4. The smallest absolute Gasteiger partial charge is 0.257 e. The van der Waals surface area contributed by atoms with Gasteiger partial charge in [-0.15, -0.1) is 0 Å². The molecule has 0 unspecified atom stereocenters. The summed E-state index contributed by atoms with van der Waals surface area (Å²) in [4.78, 5) is 94.3. The van der Waals surface area contributed by atoms with Crippen LogP contribution >= 0.6 is 34.8 Å². The van der Waals surface area contributed by atoms with E-state index in [2.05, 4.69) is 35.8 Å². The Labute approximate surface area is 587 Å². The predicted molar refractivity (Wildman–Crippen MR) is 385 cm³/mol. The van der Waals surface area contributed by atoms with Crippen molar-refractivity contribution in [2.24, 2.45) is 5.73 Å². The van der Waals surface area contributed by atoms with Gasteiger partial charge in [-0.3, -0.25) is 45.0 Å². The first-order chi connectivity index (χ1) is 47.8. The van der Waals surface area contributed by atoms with Gasteiger partial charge in [0.05, 0.1) is 36.4 Å². The van der Waals surface area contributed by atoms with Gasteiger partial charge in [0.2, 0.25) is 0 Å². The molecule has 0 saturated carbocycles. The molecular weight excluding hydrogens is 1320 g/mol. The maximum Gasteiger partial charge on any atom is 0.257 e. The van der Waals surface area contributed by atoms with Crippen LogP contribution in [0.15, 0.2) is 182 Å². The lowest BCUT2D eigenvalue weighted by molar-refractivity contribution is 0.0979. The summed E-state index contributed by atoms with van der Waals surface area (Å²) in [5.74, 6) is 1.57. The maximum absolute atomic E-state index is 13.2. The summed E-state index contributed by atoms with van der Waals surface area (Å²) in [5.41, 5.74) is 11.4. The molecule has 99 heavy (non-hydrogen) atoms. The van der Waals surface area contributed by atoms with Crippen LogP contribution in [0, 0.1) is 16.2 Å². The van der Waals surface area contributed by atoms with Crippen LogP contribution in [0.1, 0.15) is 128 Å². The van der Waals surface area contributed by atoms with Gasteiger partial charge < -0.3 is 45.7 Å². The fourth-order valence-corrected chi connectivity index (χ4v) is 11.4. The van der Waals surface area contributed by atoms with Crippen LogP contribution in [0.2, 0.25) is 15.1 Å². The Morgan fingerprint density at radius 3 is 0.929 bits per heavy atom. The number of aromatic nitrogens is 3. The quantitative estimate of drug-likeness (QED) is 0.0200. The van der Waals surface area contributed by atoms with Crippen LogP contribution in [-0.2, 0) is 19.3 Å². The lowest BCUT2D eigenvalue weighted by Crippen LogP contribution is -2.35. The van der Waals surface area contributed by atoms with E-state index in [1.54, 1.807) is 152 Å². The standard InChI is InChI=1S/C27H27ClN4O3.C26H25ClN4O3.C22H19ClN4O3/c1-35-24-7-5-6-21(27(34)31-25-13-12-20(28)17-30-25)22(24)16-23(33)18-8-10-19(11-9-18)26(29)32-14-3-2-4-15-32;1-34-23-6-4-5-20(26(33)30-24-12-11-19(27)16-29-24)21(23)15-22(32)17-7-9-18(10-8-17)25(28)31-13-2-3-14-31;1-30-19-4-2-3-16(22(29)27-20-10-9-15(23)12-26-20)17(19)11-18(28)13-5-7-14(8-6-13)21(24)25/h5-13,17,29H,2-4,14-16H2,1H3,(H,30,31,34);4-12,16,28H,2-3,13-15H2,1H3,(H,29,30,33);2-10,12H,11H2,1H3,(H3,24,25)(H,26,27,29). The van der Waals surface area contributed by atoms with Crippen molar-refractivity contribution in [2.75, 3.05) is 63.5 Å². The molecule has 2 saturated heterocycles. The van der Waals surface area contributed by atoms with E-state index in [1.807, 2.05) is 17.0 Å². The van der Waals surface area contributed by atoms with Crippen LogP contribution in [-0.4, -0.2) is 125 Å². The average Bonchev–Trinajstić information content (AvgIpc) is 1.10. The van der Waals surface area contributed by atoms with Gasteiger partial charge in [-0.05, 0) is 105 Å². The van der Waals surface area contributed by atoms with Crippen LogP contribution in [0.5, 0.6) is 17.2 Å². The van der Waals surface area contributed by atoms with E-state index in [4.69, 9.17) is 71.0 Å². The monoisotopic (exact) mass is 1390 g/mol. The fourth-order valence-electron chi connectivity index (χ4n) is 11.0. The average molecular weight is 1390 g/mol. The number of hydrogen-bond donors (Lipinski definition) is 7. The highest BCUT2D eigenvalue weighted by atomic mass is 35.5. The number of pyridine rings is 3. The number of nitrogens with zero attached hydrogens (tertiary/aromatic N) is 5. The van der Waals surface area contributed by atoms with Crippen LogP contribution in [0.4, 0.5) is 17.5 Å². The van der Waals surface area contributed by atoms with Gasteiger partial charge in [0.15, 0.2) is 17.3 Å². The topological polar surface area (TPSA) is 309 Å². The largest absolute Gasteiger partial charge is 0.496 e. The molecule has 2 aliphatic rings. The Balaban J connectivity index is 0.000000174.